The fourth-order valence-corrected chi connectivity index (χ4v) is 2.39. The van der Waals surface area contributed by atoms with Crippen molar-refractivity contribution in [1.82, 2.24) is 10.2 Å². The third-order valence-corrected chi connectivity index (χ3v) is 3.57. The molecule has 1 aliphatic heterocycles. The molecule has 2 heterocycles. The summed E-state index contributed by atoms with van der Waals surface area (Å²) in [6.07, 6.45) is 4.49. The molecule has 3 rings (SSSR count). The number of hydrogen-bond donors (Lipinski definition) is 1. The van der Waals surface area contributed by atoms with Crippen molar-refractivity contribution >= 4 is 16.6 Å². The van der Waals surface area contributed by atoms with E-state index in [9.17, 15) is 0 Å². The zero-order valence-corrected chi connectivity index (χ0v) is 9.61. The Balaban J connectivity index is 1.87. The summed E-state index contributed by atoms with van der Waals surface area (Å²) < 4.78 is 0. The van der Waals surface area contributed by atoms with Crippen molar-refractivity contribution in [3.8, 4) is 0 Å². The van der Waals surface area contributed by atoms with E-state index in [1.165, 1.54) is 37.0 Å². The van der Waals surface area contributed by atoms with Crippen molar-refractivity contribution < 1.29 is 0 Å². The maximum Gasteiger partial charge on any atom is 0.0670 e. The quantitative estimate of drug-likeness (QED) is 0.793. The smallest absolute Gasteiger partial charge is 0.0670 e. The summed E-state index contributed by atoms with van der Waals surface area (Å²) in [6, 6.07) is 6.55. The van der Waals surface area contributed by atoms with Crippen LogP contribution < -0.4 is 4.90 Å². The first kappa shape index (κ1) is 9.70. The first-order valence-electron chi connectivity index (χ1n) is 6.01. The number of nitrogens with one attached hydrogen (secondary N) is 1. The molecule has 2 aromatic rings. The first-order valence-corrected chi connectivity index (χ1v) is 6.01. The molecule has 0 bridgehead atoms. The lowest BCUT2D eigenvalue weighted by atomic mass is 9.99. The minimum atomic E-state index is 0.882. The molecule has 0 spiro atoms. The molecule has 0 amide bonds. The zero-order valence-electron chi connectivity index (χ0n) is 9.61. The summed E-state index contributed by atoms with van der Waals surface area (Å²) in [4.78, 5) is 2.47. The van der Waals surface area contributed by atoms with E-state index in [0.717, 1.165) is 11.4 Å². The molecule has 1 aromatic heterocycles. The number of aromatic nitrogens is 2. The lowest BCUT2D eigenvalue weighted by Gasteiger charge is -2.32. The van der Waals surface area contributed by atoms with Gasteiger partial charge in [0.25, 0.3) is 0 Å². The van der Waals surface area contributed by atoms with Crippen LogP contribution in [0.2, 0.25) is 0 Å². The topological polar surface area (TPSA) is 31.9 Å². The highest BCUT2D eigenvalue weighted by Gasteiger charge is 2.16. The van der Waals surface area contributed by atoms with E-state index in [1.807, 2.05) is 6.20 Å². The van der Waals surface area contributed by atoms with Crippen molar-refractivity contribution in [1.29, 1.82) is 0 Å². The maximum atomic E-state index is 4.06. The molecule has 1 saturated heterocycles. The number of benzene rings is 1. The van der Waals surface area contributed by atoms with Crippen molar-refractivity contribution in [2.24, 2.45) is 5.92 Å². The van der Waals surface area contributed by atoms with Crippen molar-refractivity contribution in [3.63, 3.8) is 0 Å². The Labute approximate surface area is 95.5 Å². The van der Waals surface area contributed by atoms with E-state index in [-0.39, 0.29) is 0 Å². The SMILES string of the molecule is CC1CCN(c2ccc3cn[nH]c3c2)CC1. The normalized spacial score (nSPS) is 18.2. The van der Waals surface area contributed by atoms with Crippen LogP contribution in [-0.4, -0.2) is 23.3 Å². The first-order chi connectivity index (χ1) is 7.83. The second-order valence-corrected chi connectivity index (χ2v) is 4.81. The number of rotatable bonds is 1. The third kappa shape index (κ3) is 1.66. The molecule has 1 N–H and O–H groups in total. The average Bonchev–Trinajstić information content (AvgIpc) is 2.77. The summed E-state index contributed by atoms with van der Waals surface area (Å²) in [5.41, 5.74) is 2.46. The number of aromatic amines is 1. The molecule has 0 aliphatic carbocycles. The Hall–Kier alpha value is -1.51. The van der Waals surface area contributed by atoms with Gasteiger partial charge in [0.2, 0.25) is 0 Å². The molecule has 84 valence electrons. The van der Waals surface area contributed by atoms with Crippen LogP contribution in [0, 0.1) is 5.92 Å². The van der Waals surface area contributed by atoms with E-state index in [0.29, 0.717) is 0 Å². The van der Waals surface area contributed by atoms with Crippen LogP contribution in [0.3, 0.4) is 0 Å². The Kier molecular flexibility index (Phi) is 2.31. The van der Waals surface area contributed by atoms with E-state index >= 15 is 0 Å². The van der Waals surface area contributed by atoms with E-state index in [4.69, 9.17) is 0 Å². The van der Waals surface area contributed by atoms with Crippen LogP contribution >= 0.6 is 0 Å². The lowest BCUT2D eigenvalue weighted by molar-refractivity contribution is 0.438. The van der Waals surface area contributed by atoms with Crippen LogP contribution in [0.1, 0.15) is 19.8 Å². The molecular formula is C13H17N3. The summed E-state index contributed by atoms with van der Waals surface area (Å²) in [5, 5.41) is 8.28. The molecule has 3 nitrogen and oxygen atoms in total. The predicted molar refractivity (Wildman–Crippen MR) is 66.7 cm³/mol. The number of anilines is 1. The summed E-state index contributed by atoms with van der Waals surface area (Å²) in [6.45, 7) is 4.71. The van der Waals surface area contributed by atoms with Gasteiger partial charge in [-0.2, -0.15) is 5.10 Å². The van der Waals surface area contributed by atoms with Gasteiger partial charge in [0, 0.05) is 24.2 Å². The fourth-order valence-electron chi connectivity index (χ4n) is 2.39. The van der Waals surface area contributed by atoms with Crippen molar-refractivity contribution in [2.45, 2.75) is 19.8 Å². The molecule has 1 fully saturated rings. The van der Waals surface area contributed by atoms with E-state index in [1.54, 1.807) is 0 Å². The maximum absolute atomic E-state index is 4.06. The van der Waals surface area contributed by atoms with Crippen LogP contribution in [-0.2, 0) is 0 Å². The minimum absolute atomic E-state index is 0.882. The molecule has 0 saturated carbocycles. The number of fused-ring (bicyclic) bond motifs is 1. The highest BCUT2D eigenvalue weighted by Crippen LogP contribution is 2.25. The van der Waals surface area contributed by atoms with Gasteiger partial charge in [-0.05, 0) is 37.0 Å². The third-order valence-electron chi connectivity index (χ3n) is 3.57. The standard InChI is InChI=1S/C13H17N3/c1-10-4-6-16(7-5-10)12-3-2-11-9-14-15-13(11)8-12/h2-3,8-10H,4-7H2,1H3,(H,14,15). The van der Waals surface area contributed by atoms with Gasteiger partial charge in [-0.1, -0.05) is 6.92 Å². The Bertz CT molecular complexity index is 481. The monoisotopic (exact) mass is 215 g/mol. The minimum Gasteiger partial charge on any atom is -0.371 e. The van der Waals surface area contributed by atoms with E-state index < -0.39 is 0 Å². The van der Waals surface area contributed by atoms with Crippen LogP contribution in [0.5, 0.6) is 0 Å². The molecule has 0 radical (unpaired) electrons. The number of piperidine rings is 1. The van der Waals surface area contributed by atoms with Gasteiger partial charge in [0.1, 0.15) is 0 Å². The molecular weight excluding hydrogens is 198 g/mol. The van der Waals surface area contributed by atoms with Crippen LogP contribution in [0.15, 0.2) is 24.4 Å². The highest BCUT2D eigenvalue weighted by atomic mass is 15.1. The van der Waals surface area contributed by atoms with Crippen LogP contribution in [0.4, 0.5) is 5.69 Å². The number of nitrogens with zero attached hydrogens (tertiary/aromatic N) is 2. The predicted octanol–water partition coefficient (Wildman–Crippen LogP) is 2.80. The van der Waals surface area contributed by atoms with Crippen LogP contribution in [0.25, 0.3) is 10.9 Å². The Morgan fingerprint density at radius 1 is 1.31 bits per heavy atom. The fraction of sp³-hybridized carbons (Fsp3) is 0.462. The second kappa shape index (κ2) is 3.81. The van der Waals surface area contributed by atoms with Gasteiger partial charge in [0.15, 0.2) is 0 Å². The van der Waals surface area contributed by atoms with Gasteiger partial charge in [-0.3, -0.25) is 5.10 Å². The Morgan fingerprint density at radius 3 is 2.94 bits per heavy atom. The van der Waals surface area contributed by atoms with Gasteiger partial charge in [-0.25, -0.2) is 0 Å². The lowest BCUT2D eigenvalue weighted by Crippen LogP contribution is -2.32. The molecule has 1 aromatic carbocycles. The average molecular weight is 215 g/mol. The second-order valence-electron chi connectivity index (χ2n) is 4.81. The molecule has 3 heteroatoms. The summed E-state index contributed by atoms with van der Waals surface area (Å²) in [5.74, 6) is 0.882. The van der Waals surface area contributed by atoms with Gasteiger partial charge in [-0.15, -0.1) is 0 Å². The molecule has 16 heavy (non-hydrogen) atoms. The molecule has 1 aliphatic rings. The highest BCUT2D eigenvalue weighted by molar-refractivity contribution is 5.81. The van der Waals surface area contributed by atoms with Crippen molar-refractivity contribution in [3.05, 3.63) is 24.4 Å². The Morgan fingerprint density at radius 2 is 2.12 bits per heavy atom. The molecule has 0 atom stereocenters. The zero-order chi connectivity index (χ0) is 11.0. The van der Waals surface area contributed by atoms with Gasteiger partial charge < -0.3 is 4.90 Å². The number of hydrogen-bond acceptors (Lipinski definition) is 2. The molecule has 0 unspecified atom stereocenters. The van der Waals surface area contributed by atoms with E-state index in [2.05, 4.69) is 40.2 Å². The largest absolute Gasteiger partial charge is 0.371 e. The van der Waals surface area contributed by atoms with Crippen molar-refractivity contribution in [2.75, 3.05) is 18.0 Å². The summed E-state index contributed by atoms with van der Waals surface area (Å²) in [7, 11) is 0. The van der Waals surface area contributed by atoms with Gasteiger partial charge >= 0.3 is 0 Å². The number of H-pyrrole nitrogens is 1. The van der Waals surface area contributed by atoms with Gasteiger partial charge in [0.05, 0.1) is 11.7 Å². The summed E-state index contributed by atoms with van der Waals surface area (Å²) >= 11 is 0.